The first-order chi connectivity index (χ1) is 16.6. The molecule has 0 aliphatic carbocycles. The first-order valence-electron chi connectivity index (χ1n) is 11.7. The Morgan fingerprint density at radius 2 is 1.79 bits per heavy atom. The number of ether oxygens (including phenoxy) is 1. The molecule has 2 aromatic carbocycles. The molecular formula is C27H34FN3O3. The largest absolute Gasteiger partial charge is 0.389 e. The molecule has 0 aliphatic rings. The van der Waals surface area contributed by atoms with Crippen LogP contribution in [0, 0.1) is 5.82 Å². The minimum Gasteiger partial charge on any atom is -0.389 e. The van der Waals surface area contributed by atoms with E-state index in [1.54, 1.807) is 18.2 Å². The van der Waals surface area contributed by atoms with Crippen LogP contribution in [0.4, 0.5) is 10.3 Å². The van der Waals surface area contributed by atoms with Crippen molar-refractivity contribution in [1.82, 2.24) is 10.1 Å². The minimum absolute atomic E-state index is 0.165. The third-order valence-corrected chi connectivity index (χ3v) is 5.61. The van der Waals surface area contributed by atoms with E-state index in [2.05, 4.69) is 30.5 Å². The van der Waals surface area contributed by atoms with Crippen molar-refractivity contribution in [1.29, 1.82) is 0 Å². The van der Waals surface area contributed by atoms with E-state index in [-0.39, 0.29) is 12.4 Å². The Bertz CT molecular complexity index is 1020. The zero-order valence-corrected chi connectivity index (χ0v) is 20.0. The van der Waals surface area contributed by atoms with Gasteiger partial charge in [-0.15, -0.1) is 6.58 Å². The Labute approximate surface area is 201 Å². The second kappa shape index (κ2) is 13.0. The molecule has 3 rings (SSSR count). The molecule has 6 nitrogen and oxygen atoms in total. The highest BCUT2D eigenvalue weighted by atomic mass is 19.1. The number of aromatic nitrogens is 1. The van der Waals surface area contributed by atoms with Gasteiger partial charge >= 0.3 is 0 Å². The smallest absolute Gasteiger partial charge is 0.232 e. The van der Waals surface area contributed by atoms with Gasteiger partial charge in [-0.3, -0.25) is 4.90 Å². The van der Waals surface area contributed by atoms with Crippen LogP contribution in [-0.4, -0.2) is 54.1 Å². The van der Waals surface area contributed by atoms with Crippen LogP contribution in [0.3, 0.4) is 0 Å². The lowest BCUT2D eigenvalue weighted by molar-refractivity contribution is 0.0227. The molecule has 182 valence electrons. The Morgan fingerprint density at radius 3 is 2.47 bits per heavy atom. The third kappa shape index (κ3) is 6.76. The van der Waals surface area contributed by atoms with E-state index in [4.69, 9.17) is 9.26 Å². The van der Waals surface area contributed by atoms with Crippen LogP contribution < -0.4 is 4.90 Å². The predicted molar refractivity (Wildman–Crippen MR) is 133 cm³/mol. The second-order valence-electron chi connectivity index (χ2n) is 8.09. The Balaban J connectivity index is 1.95. The summed E-state index contributed by atoms with van der Waals surface area (Å²) in [5.41, 5.74) is 3.16. The maximum absolute atomic E-state index is 14.5. The molecule has 0 amide bonds. The molecule has 1 N–H and O–H groups in total. The molecule has 34 heavy (non-hydrogen) atoms. The molecule has 0 fully saturated rings. The summed E-state index contributed by atoms with van der Waals surface area (Å²) in [4.78, 5) is 4.12. The van der Waals surface area contributed by atoms with Gasteiger partial charge in [0.05, 0.1) is 24.9 Å². The van der Waals surface area contributed by atoms with E-state index in [0.717, 1.165) is 29.9 Å². The first-order valence-corrected chi connectivity index (χ1v) is 11.7. The second-order valence-corrected chi connectivity index (χ2v) is 8.09. The van der Waals surface area contributed by atoms with Gasteiger partial charge in [-0.25, -0.2) is 4.39 Å². The van der Waals surface area contributed by atoms with Crippen molar-refractivity contribution in [3.8, 4) is 11.3 Å². The highest BCUT2D eigenvalue weighted by Gasteiger charge is 2.25. The summed E-state index contributed by atoms with van der Waals surface area (Å²) in [6, 6.07) is 16.6. The van der Waals surface area contributed by atoms with Gasteiger partial charge in [-0.2, -0.15) is 0 Å². The van der Waals surface area contributed by atoms with Crippen molar-refractivity contribution in [2.45, 2.75) is 33.0 Å². The Hall–Kier alpha value is -3.00. The van der Waals surface area contributed by atoms with Gasteiger partial charge < -0.3 is 19.3 Å². The number of anilines is 1. The van der Waals surface area contributed by atoms with Crippen LogP contribution >= 0.6 is 0 Å². The van der Waals surface area contributed by atoms with Gasteiger partial charge in [0.25, 0.3) is 0 Å². The summed E-state index contributed by atoms with van der Waals surface area (Å²) in [5.74, 6) is 0.419. The molecule has 0 radical (unpaired) electrons. The summed E-state index contributed by atoms with van der Waals surface area (Å²) in [6.45, 7) is 10.9. The van der Waals surface area contributed by atoms with E-state index in [9.17, 15) is 9.50 Å². The highest BCUT2D eigenvalue weighted by molar-refractivity contribution is 5.68. The van der Waals surface area contributed by atoms with E-state index in [1.165, 1.54) is 6.07 Å². The lowest BCUT2D eigenvalue weighted by atomic mass is 10.1. The van der Waals surface area contributed by atoms with Gasteiger partial charge in [0.15, 0.2) is 0 Å². The summed E-state index contributed by atoms with van der Waals surface area (Å²) < 4.78 is 25.8. The molecular weight excluding hydrogens is 433 g/mol. The molecule has 0 saturated heterocycles. The summed E-state index contributed by atoms with van der Waals surface area (Å²) in [6.07, 6.45) is 0.896. The third-order valence-electron chi connectivity index (χ3n) is 5.61. The number of benzene rings is 2. The predicted octanol–water partition coefficient (Wildman–Crippen LogP) is 4.89. The number of hydrogen-bond acceptors (Lipinski definition) is 6. The normalized spacial score (nSPS) is 12.1. The highest BCUT2D eigenvalue weighted by Crippen LogP contribution is 2.33. The Morgan fingerprint density at radius 1 is 1.09 bits per heavy atom. The summed E-state index contributed by atoms with van der Waals surface area (Å²) in [5, 5.41) is 15.0. The van der Waals surface area contributed by atoms with E-state index in [0.29, 0.717) is 37.7 Å². The monoisotopic (exact) mass is 467 g/mol. The molecule has 1 heterocycles. The van der Waals surface area contributed by atoms with Crippen molar-refractivity contribution in [3.63, 3.8) is 0 Å². The number of hydrogen-bond donors (Lipinski definition) is 1. The molecule has 7 heteroatoms. The fraction of sp³-hybridized carbons (Fsp3) is 0.370. The average Bonchev–Trinajstić information content (AvgIpc) is 3.25. The van der Waals surface area contributed by atoms with Gasteiger partial charge in [-0.05, 0) is 19.9 Å². The molecule has 1 aromatic heterocycles. The number of aliphatic hydroxyl groups is 1. The lowest BCUT2D eigenvalue weighted by Gasteiger charge is -2.27. The van der Waals surface area contributed by atoms with Crippen LogP contribution in [0.25, 0.3) is 11.3 Å². The number of halogens is 1. The Kier molecular flexibility index (Phi) is 9.82. The SMILES string of the molecule is C=CCOC[C@H](O)CN(Cc1ccccc1F)Cc1c(-c2ccccc2)noc1N(CC)CC. The van der Waals surface area contributed by atoms with E-state index < -0.39 is 6.10 Å². The molecule has 0 bridgehead atoms. The molecule has 3 aromatic rings. The van der Waals surface area contributed by atoms with E-state index in [1.807, 2.05) is 41.3 Å². The van der Waals surface area contributed by atoms with Crippen LogP contribution in [0.15, 0.2) is 71.8 Å². The zero-order chi connectivity index (χ0) is 24.3. The summed E-state index contributed by atoms with van der Waals surface area (Å²) >= 11 is 0. The molecule has 0 saturated carbocycles. The number of rotatable bonds is 14. The minimum atomic E-state index is -0.747. The molecule has 0 unspecified atom stereocenters. The number of nitrogens with zero attached hydrogens (tertiary/aromatic N) is 3. The topological polar surface area (TPSA) is 62.0 Å². The van der Waals surface area contributed by atoms with Crippen LogP contribution in [0.1, 0.15) is 25.0 Å². The van der Waals surface area contributed by atoms with Crippen molar-refractivity contribution in [2.75, 3.05) is 37.7 Å². The fourth-order valence-corrected chi connectivity index (χ4v) is 3.94. The van der Waals surface area contributed by atoms with Crippen LogP contribution in [-0.2, 0) is 17.8 Å². The van der Waals surface area contributed by atoms with Crippen molar-refractivity contribution in [3.05, 3.63) is 84.2 Å². The summed E-state index contributed by atoms with van der Waals surface area (Å²) in [7, 11) is 0. The van der Waals surface area contributed by atoms with E-state index >= 15 is 0 Å². The average molecular weight is 468 g/mol. The first kappa shape index (κ1) is 25.6. The fourth-order valence-electron chi connectivity index (χ4n) is 3.94. The van der Waals surface area contributed by atoms with Gasteiger partial charge in [0, 0.05) is 43.9 Å². The quantitative estimate of drug-likeness (QED) is 0.269. The maximum Gasteiger partial charge on any atom is 0.232 e. The number of aliphatic hydroxyl groups excluding tert-OH is 1. The van der Waals surface area contributed by atoms with Crippen molar-refractivity contribution in [2.24, 2.45) is 0 Å². The lowest BCUT2D eigenvalue weighted by Crippen LogP contribution is -2.35. The standard InChI is InChI=1S/C27H34FN3O3/c1-4-16-33-20-23(32)18-30(17-22-14-10-11-15-25(22)28)19-24-26(21-12-8-7-9-13-21)29-34-27(24)31(5-2)6-3/h4,7-15,23,32H,1,5-6,16-20H2,2-3H3/t23-/m1/s1. The molecule has 0 aliphatic heterocycles. The molecule has 1 atom stereocenters. The molecule has 0 spiro atoms. The van der Waals surface area contributed by atoms with Gasteiger partial charge in [0.1, 0.15) is 11.5 Å². The van der Waals surface area contributed by atoms with Crippen molar-refractivity contribution >= 4 is 5.88 Å². The van der Waals surface area contributed by atoms with Crippen molar-refractivity contribution < 1.29 is 18.8 Å². The van der Waals surface area contributed by atoms with Crippen LogP contribution in [0.2, 0.25) is 0 Å². The van der Waals surface area contributed by atoms with Crippen LogP contribution in [0.5, 0.6) is 0 Å². The maximum atomic E-state index is 14.5. The van der Waals surface area contributed by atoms with Gasteiger partial charge in [-0.1, -0.05) is 59.8 Å². The van der Waals surface area contributed by atoms with Gasteiger partial charge in [0.2, 0.25) is 5.88 Å². The zero-order valence-electron chi connectivity index (χ0n) is 20.0.